The molecular formula is C27H32N2O2S2. The van der Waals surface area contributed by atoms with E-state index in [2.05, 4.69) is 34.6 Å². The second-order valence-corrected chi connectivity index (χ2v) is 13.4. The van der Waals surface area contributed by atoms with Gasteiger partial charge in [0.25, 0.3) is 10.0 Å². The monoisotopic (exact) mass is 480 g/mol. The van der Waals surface area contributed by atoms with E-state index in [0.717, 1.165) is 28.0 Å². The smallest absolute Gasteiger partial charge is 0.261 e. The number of nitrogens with zero attached hydrogens (tertiary/aromatic N) is 2. The fourth-order valence-corrected chi connectivity index (χ4v) is 7.31. The van der Waals surface area contributed by atoms with Crippen LogP contribution in [-0.2, 0) is 10.0 Å². The number of hydrogen-bond donors (Lipinski definition) is 0. The van der Waals surface area contributed by atoms with Gasteiger partial charge in [0.1, 0.15) is 11.9 Å². The summed E-state index contributed by atoms with van der Waals surface area (Å²) in [6.45, 7) is 12.7. The predicted octanol–water partition coefficient (Wildman–Crippen LogP) is 6.81. The van der Waals surface area contributed by atoms with E-state index < -0.39 is 21.6 Å². The minimum Gasteiger partial charge on any atom is -0.261 e. The SMILES string of the molecule is Cc1ccc(S(=O)(=O)N2C(=NC(C)(C)CC(C)(C)C)c3ccccc3C2c2cccs2)cc1. The summed E-state index contributed by atoms with van der Waals surface area (Å²) < 4.78 is 29.9. The molecule has 2 aromatic carbocycles. The Labute approximate surface area is 202 Å². The van der Waals surface area contributed by atoms with Crippen molar-refractivity contribution < 1.29 is 8.42 Å². The van der Waals surface area contributed by atoms with E-state index in [1.807, 2.05) is 60.8 Å². The molecule has 1 aromatic heterocycles. The van der Waals surface area contributed by atoms with E-state index in [-0.39, 0.29) is 10.3 Å². The molecule has 174 valence electrons. The molecule has 4 rings (SSSR count). The molecule has 0 spiro atoms. The predicted molar refractivity (Wildman–Crippen MR) is 137 cm³/mol. The van der Waals surface area contributed by atoms with Crippen molar-refractivity contribution in [3.63, 3.8) is 0 Å². The van der Waals surface area contributed by atoms with Gasteiger partial charge in [-0.05, 0) is 61.7 Å². The molecular weight excluding hydrogens is 448 g/mol. The van der Waals surface area contributed by atoms with Crippen molar-refractivity contribution in [3.8, 4) is 0 Å². The van der Waals surface area contributed by atoms with Crippen LogP contribution < -0.4 is 0 Å². The maximum absolute atomic E-state index is 14.2. The topological polar surface area (TPSA) is 49.7 Å². The highest BCUT2D eigenvalue weighted by Gasteiger charge is 2.45. The molecule has 0 saturated heterocycles. The first-order valence-corrected chi connectivity index (χ1v) is 13.5. The number of aliphatic imine (C=N–C) groups is 1. The Morgan fingerprint density at radius 3 is 2.21 bits per heavy atom. The van der Waals surface area contributed by atoms with Crippen LogP contribution in [0, 0.1) is 12.3 Å². The molecule has 1 aliphatic rings. The van der Waals surface area contributed by atoms with Crippen LogP contribution in [0.5, 0.6) is 0 Å². The lowest BCUT2D eigenvalue weighted by Gasteiger charge is -2.32. The fraction of sp³-hybridized carbons (Fsp3) is 0.370. The van der Waals surface area contributed by atoms with Crippen LogP contribution in [0.2, 0.25) is 0 Å². The van der Waals surface area contributed by atoms with Gasteiger partial charge in [0, 0.05) is 10.4 Å². The van der Waals surface area contributed by atoms with Gasteiger partial charge in [0.05, 0.1) is 10.4 Å². The van der Waals surface area contributed by atoms with Crippen LogP contribution >= 0.6 is 11.3 Å². The van der Waals surface area contributed by atoms with Crippen molar-refractivity contribution in [1.29, 1.82) is 0 Å². The third kappa shape index (κ3) is 4.78. The lowest BCUT2D eigenvalue weighted by atomic mass is 9.82. The molecule has 1 atom stereocenters. The van der Waals surface area contributed by atoms with Gasteiger partial charge >= 0.3 is 0 Å². The molecule has 1 unspecified atom stereocenters. The molecule has 0 N–H and O–H groups in total. The van der Waals surface area contributed by atoms with Crippen molar-refractivity contribution in [2.45, 2.75) is 64.4 Å². The Morgan fingerprint density at radius 2 is 1.61 bits per heavy atom. The minimum atomic E-state index is -3.85. The van der Waals surface area contributed by atoms with Gasteiger partial charge in [-0.25, -0.2) is 12.7 Å². The summed E-state index contributed by atoms with van der Waals surface area (Å²) >= 11 is 1.57. The Kier molecular flexibility index (Phi) is 6.04. The number of rotatable bonds is 5. The summed E-state index contributed by atoms with van der Waals surface area (Å²) in [5.41, 5.74) is 2.49. The highest BCUT2D eigenvalue weighted by atomic mass is 32.2. The second-order valence-electron chi connectivity index (χ2n) is 10.6. The molecule has 1 aliphatic heterocycles. The lowest BCUT2D eigenvalue weighted by molar-refractivity contribution is 0.287. The first kappa shape index (κ1) is 23.7. The number of aryl methyl sites for hydroxylation is 1. The third-order valence-electron chi connectivity index (χ3n) is 5.70. The van der Waals surface area contributed by atoms with E-state index in [9.17, 15) is 8.42 Å². The molecule has 33 heavy (non-hydrogen) atoms. The Morgan fingerprint density at radius 1 is 0.939 bits per heavy atom. The van der Waals surface area contributed by atoms with Crippen molar-refractivity contribution in [3.05, 3.63) is 87.6 Å². The average molecular weight is 481 g/mol. The molecule has 0 bridgehead atoms. The molecule has 0 amide bonds. The van der Waals surface area contributed by atoms with Crippen molar-refractivity contribution in [2.75, 3.05) is 0 Å². The summed E-state index contributed by atoms with van der Waals surface area (Å²) in [6, 6.07) is 18.6. The normalized spacial score (nSPS) is 18.1. The lowest BCUT2D eigenvalue weighted by Crippen LogP contribution is -2.38. The zero-order chi connectivity index (χ0) is 24.0. The second kappa shape index (κ2) is 8.41. The van der Waals surface area contributed by atoms with E-state index in [1.165, 1.54) is 0 Å². The molecule has 6 heteroatoms. The number of sulfonamides is 1. The largest absolute Gasteiger partial charge is 0.266 e. The van der Waals surface area contributed by atoms with Gasteiger partial charge in [-0.2, -0.15) is 0 Å². The summed E-state index contributed by atoms with van der Waals surface area (Å²) in [6.07, 6.45) is 0.827. The van der Waals surface area contributed by atoms with E-state index >= 15 is 0 Å². The Bertz CT molecular complexity index is 1270. The number of benzene rings is 2. The van der Waals surface area contributed by atoms with Crippen molar-refractivity contribution in [1.82, 2.24) is 4.31 Å². The maximum Gasteiger partial charge on any atom is 0.266 e. The number of thiophene rings is 1. The van der Waals surface area contributed by atoms with Gasteiger partial charge in [-0.15, -0.1) is 11.3 Å². The van der Waals surface area contributed by atoms with Crippen LogP contribution in [0.1, 0.15) is 68.6 Å². The molecule has 0 radical (unpaired) electrons. The van der Waals surface area contributed by atoms with Crippen LogP contribution in [-0.4, -0.2) is 24.1 Å². The summed E-state index contributed by atoms with van der Waals surface area (Å²) in [7, 11) is -3.85. The zero-order valence-electron chi connectivity index (χ0n) is 20.2. The number of fused-ring (bicyclic) bond motifs is 1. The fourth-order valence-electron chi connectivity index (χ4n) is 4.83. The zero-order valence-corrected chi connectivity index (χ0v) is 21.8. The van der Waals surface area contributed by atoms with E-state index in [0.29, 0.717) is 5.84 Å². The Balaban J connectivity index is 1.96. The highest BCUT2D eigenvalue weighted by molar-refractivity contribution is 7.89. The summed E-state index contributed by atoms with van der Waals surface area (Å²) in [5.74, 6) is 0.527. The minimum absolute atomic E-state index is 0.0551. The molecule has 3 aromatic rings. The summed E-state index contributed by atoms with van der Waals surface area (Å²) in [5, 5.41) is 1.99. The van der Waals surface area contributed by atoms with Crippen molar-refractivity contribution >= 4 is 27.2 Å². The van der Waals surface area contributed by atoms with Gasteiger partial charge < -0.3 is 0 Å². The van der Waals surface area contributed by atoms with Gasteiger partial charge in [0.2, 0.25) is 0 Å². The van der Waals surface area contributed by atoms with E-state index in [1.54, 1.807) is 27.8 Å². The molecule has 2 heterocycles. The molecule has 0 aliphatic carbocycles. The van der Waals surface area contributed by atoms with Crippen molar-refractivity contribution in [2.24, 2.45) is 10.4 Å². The first-order chi connectivity index (χ1) is 15.4. The van der Waals surface area contributed by atoms with Gasteiger partial charge in [-0.3, -0.25) is 4.99 Å². The number of amidine groups is 1. The van der Waals surface area contributed by atoms with Crippen LogP contribution in [0.15, 0.2) is 75.9 Å². The molecule has 0 saturated carbocycles. The average Bonchev–Trinajstić information content (AvgIpc) is 3.33. The summed E-state index contributed by atoms with van der Waals surface area (Å²) in [4.78, 5) is 6.42. The quantitative estimate of drug-likeness (QED) is 0.403. The first-order valence-electron chi connectivity index (χ1n) is 11.2. The van der Waals surface area contributed by atoms with Gasteiger partial charge in [0.15, 0.2) is 0 Å². The van der Waals surface area contributed by atoms with Gasteiger partial charge in [-0.1, -0.05) is 68.8 Å². The number of hydrogen-bond acceptors (Lipinski definition) is 4. The van der Waals surface area contributed by atoms with Crippen LogP contribution in [0.4, 0.5) is 0 Å². The highest BCUT2D eigenvalue weighted by Crippen LogP contribution is 2.45. The molecule has 4 nitrogen and oxygen atoms in total. The molecule has 0 fully saturated rings. The Hall–Kier alpha value is -2.44. The van der Waals surface area contributed by atoms with Crippen LogP contribution in [0.3, 0.4) is 0 Å². The van der Waals surface area contributed by atoms with Crippen LogP contribution in [0.25, 0.3) is 0 Å². The third-order valence-corrected chi connectivity index (χ3v) is 8.40. The standard InChI is InChI=1S/C27H32N2O2S2/c1-19-13-15-20(16-14-19)33(30,31)29-24(23-12-9-17-32-23)21-10-7-8-11-22(21)25(29)28-27(5,6)18-26(2,3)4/h7-17,24H,18H2,1-6H3. The van der Waals surface area contributed by atoms with E-state index in [4.69, 9.17) is 4.99 Å². The maximum atomic E-state index is 14.2.